The van der Waals surface area contributed by atoms with Gasteiger partial charge in [0.15, 0.2) is 0 Å². The fraction of sp³-hybridized carbons (Fsp3) is 1.00. The van der Waals surface area contributed by atoms with Crippen molar-refractivity contribution in [3.8, 4) is 0 Å². The first-order valence-electron chi connectivity index (χ1n) is 2.06. The molecule has 0 aliphatic rings. The summed E-state index contributed by atoms with van der Waals surface area (Å²) in [5.41, 5.74) is 0. The lowest BCUT2D eigenvalue weighted by Crippen LogP contribution is -2.01. The van der Waals surface area contributed by atoms with Gasteiger partial charge in [-0.1, -0.05) is 6.92 Å². The van der Waals surface area contributed by atoms with Crippen molar-refractivity contribution in [2.45, 2.75) is 19.5 Å². The number of rotatable bonds is 2. The maximum atomic E-state index is 11.6. The Hall–Kier alpha value is -0.110. The van der Waals surface area contributed by atoms with Crippen LogP contribution in [0.1, 0.15) is 13.3 Å². The van der Waals surface area contributed by atoms with Crippen LogP contribution in [-0.2, 0) is 0 Å². The molecule has 0 aromatic carbocycles. The van der Waals surface area contributed by atoms with Gasteiger partial charge in [-0.05, 0) is 6.42 Å². The highest BCUT2D eigenvalue weighted by Crippen LogP contribution is 1.91. The number of aliphatic hydroxyl groups excluding tert-OH is 1. The Morgan fingerprint density at radius 1 is 1.83 bits per heavy atom. The third-order valence-corrected chi connectivity index (χ3v) is 0.641. The molecule has 0 radical (unpaired) electrons. The SMILES string of the molecule is CC[C@H](F)CO. The van der Waals surface area contributed by atoms with Gasteiger partial charge < -0.3 is 5.11 Å². The van der Waals surface area contributed by atoms with Crippen LogP contribution in [0.2, 0.25) is 0 Å². The van der Waals surface area contributed by atoms with Crippen LogP contribution in [0.25, 0.3) is 0 Å². The highest BCUT2D eigenvalue weighted by atomic mass is 19.1. The number of hydrogen-bond acceptors (Lipinski definition) is 1. The summed E-state index contributed by atoms with van der Waals surface area (Å²) in [5, 5.41) is 7.96. The van der Waals surface area contributed by atoms with Crippen LogP contribution in [0.3, 0.4) is 0 Å². The van der Waals surface area contributed by atoms with Crippen molar-refractivity contribution >= 4 is 0 Å². The fourth-order valence-electron chi connectivity index (χ4n) is 0.129. The van der Waals surface area contributed by atoms with Gasteiger partial charge in [0, 0.05) is 0 Å². The van der Waals surface area contributed by atoms with E-state index in [1.165, 1.54) is 0 Å². The Bertz CT molecular complexity index is 26.7. The number of hydrogen-bond donors (Lipinski definition) is 1. The monoisotopic (exact) mass is 92.1 g/mol. The standard InChI is InChI=1S/C4H9FO/c1-2-4(5)3-6/h4,6H,2-3H2,1H3/t4-/m0/s1. The van der Waals surface area contributed by atoms with E-state index in [0.29, 0.717) is 6.42 Å². The van der Waals surface area contributed by atoms with Gasteiger partial charge in [-0.3, -0.25) is 0 Å². The van der Waals surface area contributed by atoms with Crippen LogP contribution in [-0.4, -0.2) is 17.9 Å². The van der Waals surface area contributed by atoms with Gasteiger partial charge in [0.05, 0.1) is 6.61 Å². The highest BCUT2D eigenvalue weighted by Gasteiger charge is 1.95. The maximum absolute atomic E-state index is 11.6. The molecule has 38 valence electrons. The molecule has 1 nitrogen and oxygen atoms in total. The molecule has 0 unspecified atom stereocenters. The molecule has 0 amide bonds. The van der Waals surface area contributed by atoms with Gasteiger partial charge in [0.1, 0.15) is 6.17 Å². The van der Waals surface area contributed by atoms with E-state index < -0.39 is 6.17 Å². The van der Waals surface area contributed by atoms with E-state index in [-0.39, 0.29) is 6.61 Å². The second-order valence-corrected chi connectivity index (χ2v) is 1.19. The lowest BCUT2D eigenvalue weighted by molar-refractivity contribution is 0.174. The predicted octanol–water partition coefficient (Wildman–Crippen LogP) is 0.727. The van der Waals surface area contributed by atoms with Crippen LogP contribution in [0.15, 0.2) is 0 Å². The predicted molar refractivity (Wildman–Crippen MR) is 22.3 cm³/mol. The Morgan fingerprint density at radius 2 is 2.33 bits per heavy atom. The number of aliphatic hydroxyl groups is 1. The van der Waals surface area contributed by atoms with E-state index in [2.05, 4.69) is 0 Å². The van der Waals surface area contributed by atoms with Crippen LogP contribution < -0.4 is 0 Å². The topological polar surface area (TPSA) is 20.2 Å². The summed E-state index contributed by atoms with van der Waals surface area (Å²) in [5.74, 6) is 0. The van der Waals surface area contributed by atoms with Crippen molar-refractivity contribution in [2.24, 2.45) is 0 Å². The molecule has 1 atom stereocenters. The molecule has 0 fully saturated rings. The molecule has 0 aromatic rings. The highest BCUT2D eigenvalue weighted by molar-refractivity contribution is 4.44. The Balaban J connectivity index is 2.75. The first-order valence-corrected chi connectivity index (χ1v) is 2.06. The quantitative estimate of drug-likeness (QED) is 0.532. The molecule has 0 rings (SSSR count). The minimum absolute atomic E-state index is 0.337. The zero-order valence-electron chi connectivity index (χ0n) is 3.82. The van der Waals surface area contributed by atoms with E-state index in [4.69, 9.17) is 5.11 Å². The number of alkyl halides is 1. The van der Waals surface area contributed by atoms with Gasteiger partial charge >= 0.3 is 0 Å². The van der Waals surface area contributed by atoms with E-state index in [1.54, 1.807) is 6.92 Å². The molecule has 2 heteroatoms. The summed E-state index contributed by atoms with van der Waals surface area (Å²) >= 11 is 0. The van der Waals surface area contributed by atoms with Gasteiger partial charge in [-0.2, -0.15) is 0 Å². The molecule has 0 saturated carbocycles. The third kappa shape index (κ3) is 2.15. The Morgan fingerprint density at radius 3 is 2.33 bits per heavy atom. The lowest BCUT2D eigenvalue weighted by Gasteiger charge is -1.93. The molecule has 0 aliphatic carbocycles. The van der Waals surface area contributed by atoms with Crippen molar-refractivity contribution < 1.29 is 9.50 Å². The summed E-state index contributed by atoms with van der Waals surface area (Å²) in [6, 6.07) is 0. The summed E-state index contributed by atoms with van der Waals surface area (Å²) in [6.07, 6.45) is -0.596. The van der Waals surface area contributed by atoms with E-state index >= 15 is 0 Å². The molecular formula is C4H9FO. The second-order valence-electron chi connectivity index (χ2n) is 1.19. The van der Waals surface area contributed by atoms with Crippen LogP contribution in [0.4, 0.5) is 4.39 Å². The number of halogens is 1. The summed E-state index contributed by atoms with van der Waals surface area (Å²) in [4.78, 5) is 0. The minimum atomic E-state index is -1.01. The summed E-state index contributed by atoms with van der Waals surface area (Å²) < 4.78 is 11.6. The van der Waals surface area contributed by atoms with E-state index in [9.17, 15) is 4.39 Å². The van der Waals surface area contributed by atoms with E-state index in [1.807, 2.05) is 0 Å². The molecule has 1 N–H and O–H groups in total. The normalized spacial score (nSPS) is 14.5. The van der Waals surface area contributed by atoms with Crippen LogP contribution in [0.5, 0.6) is 0 Å². The van der Waals surface area contributed by atoms with Crippen molar-refractivity contribution in [2.75, 3.05) is 6.61 Å². The van der Waals surface area contributed by atoms with Gasteiger partial charge in [-0.15, -0.1) is 0 Å². The van der Waals surface area contributed by atoms with Crippen LogP contribution in [0, 0.1) is 0 Å². The zero-order valence-corrected chi connectivity index (χ0v) is 3.82. The van der Waals surface area contributed by atoms with Gasteiger partial charge in [-0.25, -0.2) is 4.39 Å². The second kappa shape index (κ2) is 3.09. The minimum Gasteiger partial charge on any atom is -0.393 e. The maximum Gasteiger partial charge on any atom is 0.123 e. The third-order valence-electron chi connectivity index (χ3n) is 0.641. The largest absolute Gasteiger partial charge is 0.393 e. The first-order chi connectivity index (χ1) is 2.81. The average Bonchev–Trinajstić information content (AvgIpc) is 1.65. The molecular weight excluding hydrogens is 83.0 g/mol. The molecule has 0 saturated heterocycles. The molecule has 0 bridgehead atoms. The smallest absolute Gasteiger partial charge is 0.123 e. The van der Waals surface area contributed by atoms with Crippen molar-refractivity contribution in [3.63, 3.8) is 0 Å². The Kier molecular flexibility index (Phi) is 3.04. The Labute approximate surface area is 36.8 Å². The van der Waals surface area contributed by atoms with Crippen molar-refractivity contribution in [1.82, 2.24) is 0 Å². The van der Waals surface area contributed by atoms with E-state index in [0.717, 1.165) is 0 Å². The molecule has 6 heavy (non-hydrogen) atoms. The fourth-order valence-corrected chi connectivity index (χ4v) is 0.129. The first kappa shape index (κ1) is 5.89. The van der Waals surface area contributed by atoms with Crippen LogP contribution >= 0.6 is 0 Å². The molecule has 0 aromatic heterocycles. The summed E-state index contributed by atoms with van der Waals surface area (Å²) in [7, 11) is 0. The molecule has 0 spiro atoms. The molecule has 0 heterocycles. The van der Waals surface area contributed by atoms with Crippen molar-refractivity contribution in [3.05, 3.63) is 0 Å². The lowest BCUT2D eigenvalue weighted by atomic mass is 10.3. The average molecular weight is 92.1 g/mol. The summed E-state index contributed by atoms with van der Waals surface area (Å²) in [6.45, 7) is 1.36. The van der Waals surface area contributed by atoms with Crippen molar-refractivity contribution in [1.29, 1.82) is 0 Å². The molecule has 0 aliphatic heterocycles. The van der Waals surface area contributed by atoms with Gasteiger partial charge in [0.2, 0.25) is 0 Å². The van der Waals surface area contributed by atoms with Gasteiger partial charge in [0.25, 0.3) is 0 Å². The zero-order chi connectivity index (χ0) is 4.99.